The molecule has 1 amide bonds. The lowest BCUT2D eigenvalue weighted by molar-refractivity contribution is 0.0675. The summed E-state index contributed by atoms with van der Waals surface area (Å²) < 4.78 is 5.17. The summed E-state index contributed by atoms with van der Waals surface area (Å²) in [4.78, 5) is 18.0. The molecule has 0 radical (unpaired) electrons. The summed E-state index contributed by atoms with van der Waals surface area (Å²) in [5.74, 6) is -0.00949. The molecule has 1 heterocycles. The van der Waals surface area contributed by atoms with Gasteiger partial charge < -0.3 is 14.6 Å². The van der Waals surface area contributed by atoms with Crippen LogP contribution in [0.3, 0.4) is 0 Å². The summed E-state index contributed by atoms with van der Waals surface area (Å²) in [6.45, 7) is 3.68. The molecule has 3 rings (SSSR count). The van der Waals surface area contributed by atoms with E-state index in [1.54, 1.807) is 7.11 Å². The van der Waals surface area contributed by atoms with Crippen molar-refractivity contribution in [2.24, 2.45) is 0 Å². The van der Waals surface area contributed by atoms with Gasteiger partial charge in [0.2, 0.25) is 0 Å². The maximum Gasteiger partial charge on any atom is 0.270 e. The van der Waals surface area contributed by atoms with Crippen LogP contribution in [0.25, 0.3) is 10.9 Å². The molecule has 0 aliphatic carbocycles. The molecule has 0 aliphatic rings. The number of amides is 1. The second-order valence-electron chi connectivity index (χ2n) is 5.98. The van der Waals surface area contributed by atoms with Crippen LogP contribution in [-0.2, 0) is 11.3 Å². The van der Waals surface area contributed by atoms with Crippen LogP contribution in [0.5, 0.6) is 0 Å². The molecule has 124 valence electrons. The van der Waals surface area contributed by atoms with Gasteiger partial charge in [-0.2, -0.15) is 0 Å². The number of H-pyrrole nitrogens is 1. The Labute approximate surface area is 142 Å². The molecule has 4 heteroatoms. The van der Waals surface area contributed by atoms with Gasteiger partial charge in [-0.15, -0.1) is 0 Å². The third kappa shape index (κ3) is 3.66. The number of nitrogens with zero attached hydrogens (tertiary/aromatic N) is 1. The molecule has 24 heavy (non-hydrogen) atoms. The standard InChI is InChI=1S/C20H22N2O2/c1-15-8-9-18-17(12-15)13-19(21-18)20(23)22(10-11-24-2)14-16-6-4-3-5-7-16/h3-9,12-13,21H,10-11,14H2,1-2H3. The van der Waals surface area contributed by atoms with Crippen LogP contribution in [-0.4, -0.2) is 36.1 Å². The van der Waals surface area contributed by atoms with Crippen LogP contribution in [0.15, 0.2) is 54.6 Å². The Bertz CT molecular complexity index is 824. The van der Waals surface area contributed by atoms with E-state index in [2.05, 4.69) is 11.1 Å². The first kappa shape index (κ1) is 16.3. The Morgan fingerprint density at radius 1 is 1.12 bits per heavy atom. The van der Waals surface area contributed by atoms with Crippen molar-refractivity contribution < 1.29 is 9.53 Å². The average Bonchev–Trinajstić information content (AvgIpc) is 3.02. The van der Waals surface area contributed by atoms with Gasteiger partial charge in [-0.25, -0.2) is 0 Å². The van der Waals surface area contributed by atoms with Gasteiger partial charge in [0.25, 0.3) is 5.91 Å². The fraction of sp³-hybridized carbons (Fsp3) is 0.250. The molecule has 0 saturated heterocycles. The highest BCUT2D eigenvalue weighted by atomic mass is 16.5. The number of hydrogen-bond donors (Lipinski definition) is 1. The van der Waals surface area contributed by atoms with Crippen LogP contribution in [0.1, 0.15) is 21.6 Å². The maximum absolute atomic E-state index is 12.9. The monoisotopic (exact) mass is 322 g/mol. The summed E-state index contributed by atoms with van der Waals surface area (Å²) in [6.07, 6.45) is 0. The molecule has 1 aromatic heterocycles. The van der Waals surface area contributed by atoms with Crippen LogP contribution in [0, 0.1) is 6.92 Å². The summed E-state index contributed by atoms with van der Waals surface area (Å²) >= 11 is 0. The second-order valence-corrected chi connectivity index (χ2v) is 5.98. The predicted molar refractivity (Wildman–Crippen MR) is 96.1 cm³/mol. The summed E-state index contributed by atoms with van der Waals surface area (Å²) in [6, 6.07) is 18.1. The number of aryl methyl sites for hydroxylation is 1. The third-order valence-corrected chi connectivity index (χ3v) is 4.08. The fourth-order valence-corrected chi connectivity index (χ4v) is 2.80. The minimum absolute atomic E-state index is 0.00949. The van der Waals surface area contributed by atoms with E-state index in [1.807, 2.05) is 60.4 Å². The Kier molecular flexibility index (Phi) is 4.96. The van der Waals surface area contributed by atoms with Gasteiger partial charge in [-0.1, -0.05) is 42.0 Å². The van der Waals surface area contributed by atoms with E-state index in [4.69, 9.17) is 4.74 Å². The summed E-state index contributed by atoms with van der Waals surface area (Å²) in [5.41, 5.74) is 3.88. The zero-order valence-corrected chi connectivity index (χ0v) is 14.1. The molecular weight excluding hydrogens is 300 g/mol. The van der Waals surface area contributed by atoms with Crippen LogP contribution >= 0.6 is 0 Å². The quantitative estimate of drug-likeness (QED) is 0.751. The second kappa shape index (κ2) is 7.32. The largest absolute Gasteiger partial charge is 0.383 e. The van der Waals surface area contributed by atoms with Crippen LogP contribution in [0.2, 0.25) is 0 Å². The van der Waals surface area contributed by atoms with Crippen LogP contribution < -0.4 is 0 Å². The minimum atomic E-state index is -0.00949. The zero-order valence-electron chi connectivity index (χ0n) is 14.1. The number of carbonyl (C=O) groups excluding carboxylic acids is 1. The Morgan fingerprint density at radius 3 is 2.67 bits per heavy atom. The highest BCUT2D eigenvalue weighted by molar-refractivity contribution is 5.98. The molecule has 3 aromatic rings. The molecule has 1 N–H and O–H groups in total. The maximum atomic E-state index is 12.9. The Balaban J connectivity index is 1.85. The van der Waals surface area contributed by atoms with E-state index in [0.29, 0.717) is 25.4 Å². The molecule has 0 atom stereocenters. The van der Waals surface area contributed by atoms with E-state index in [0.717, 1.165) is 16.5 Å². The van der Waals surface area contributed by atoms with Gasteiger partial charge in [0.05, 0.1) is 6.61 Å². The van der Waals surface area contributed by atoms with Crippen molar-refractivity contribution in [3.63, 3.8) is 0 Å². The number of hydrogen-bond acceptors (Lipinski definition) is 2. The van der Waals surface area contributed by atoms with Gasteiger partial charge >= 0.3 is 0 Å². The lowest BCUT2D eigenvalue weighted by atomic mass is 10.2. The third-order valence-electron chi connectivity index (χ3n) is 4.08. The zero-order chi connectivity index (χ0) is 16.9. The van der Waals surface area contributed by atoms with E-state index in [9.17, 15) is 4.79 Å². The van der Waals surface area contributed by atoms with E-state index >= 15 is 0 Å². The van der Waals surface area contributed by atoms with Crippen molar-refractivity contribution in [3.05, 3.63) is 71.4 Å². The van der Waals surface area contributed by atoms with Crippen molar-refractivity contribution in [3.8, 4) is 0 Å². The Hall–Kier alpha value is -2.59. The highest BCUT2D eigenvalue weighted by Crippen LogP contribution is 2.19. The van der Waals surface area contributed by atoms with Crippen molar-refractivity contribution in [1.29, 1.82) is 0 Å². The molecule has 4 nitrogen and oxygen atoms in total. The molecule has 0 saturated carbocycles. The van der Waals surface area contributed by atoms with Gasteiger partial charge in [-0.05, 0) is 30.7 Å². The molecular formula is C20H22N2O2. The molecule has 0 bridgehead atoms. The molecule has 0 fully saturated rings. The highest BCUT2D eigenvalue weighted by Gasteiger charge is 2.18. The van der Waals surface area contributed by atoms with Gasteiger partial charge in [0, 0.05) is 31.1 Å². The number of carbonyl (C=O) groups is 1. The van der Waals surface area contributed by atoms with E-state index < -0.39 is 0 Å². The molecule has 0 aliphatic heterocycles. The SMILES string of the molecule is COCCN(Cc1ccccc1)C(=O)c1cc2cc(C)ccc2[nH]1. The number of benzene rings is 2. The number of fused-ring (bicyclic) bond motifs is 1. The first-order chi connectivity index (χ1) is 11.7. The van der Waals surface area contributed by atoms with Gasteiger partial charge in [0.1, 0.15) is 5.69 Å². The first-order valence-corrected chi connectivity index (χ1v) is 8.09. The number of methoxy groups -OCH3 is 1. The van der Waals surface area contributed by atoms with Gasteiger partial charge in [0.15, 0.2) is 0 Å². The number of aromatic nitrogens is 1. The molecule has 0 unspecified atom stereocenters. The van der Waals surface area contributed by atoms with Crippen molar-refractivity contribution in [2.75, 3.05) is 20.3 Å². The van der Waals surface area contributed by atoms with Crippen molar-refractivity contribution in [2.45, 2.75) is 13.5 Å². The van der Waals surface area contributed by atoms with E-state index in [1.165, 1.54) is 5.56 Å². The first-order valence-electron chi connectivity index (χ1n) is 8.09. The topological polar surface area (TPSA) is 45.3 Å². The number of nitrogens with one attached hydrogen (secondary N) is 1. The van der Waals surface area contributed by atoms with Crippen molar-refractivity contribution in [1.82, 2.24) is 9.88 Å². The fourth-order valence-electron chi connectivity index (χ4n) is 2.80. The molecule has 2 aromatic carbocycles. The van der Waals surface area contributed by atoms with Gasteiger partial charge in [-0.3, -0.25) is 4.79 Å². The minimum Gasteiger partial charge on any atom is -0.383 e. The molecule has 0 spiro atoms. The predicted octanol–water partition coefficient (Wildman–Crippen LogP) is 3.77. The lowest BCUT2D eigenvalue weighted by Crippen LogP contribution is -2.33. The smallest absolute Gasteiger partial charge is 0.270 e. The van der Waals surface area contributed by atoms with Crippen molar-refractivity contribution >= 4 is 16.8 Å². The number of aromatic amines is 1. The Morgan fingerprint density at radius 2 is 1.92 bits per heavy atom. The normalized spacial score (nSPS) is 10.9. The lowest BCUT2D eigenvalue weighted by Gasteiger charge is -2.22. The van der Waals surface area contributed by atoms with Crippen LogP contribution in [0.4, 0.5) is 0 Å². The number of rotatable bonds is 6. The average molecular weight is 322 g/mol. The summed E-state index contributed by atoms with van der Waals surface area (Å²) in [7, 11) is 1.65. The number of ether oxygens (including phenoxy) is 1. The van der Waals surface area contributed by atoms with E-state index in [-0.39, 0.29) is 5.91 Å². The summed E-state index contributed by atoms with van der Waals surface area (Å²) in [5, 5.41) is 1.06.